The number of para-hydroxylation sites is 1. The zero-order chi connectivity index (χ0) is 13.5. The number of carbonyl (C=O) groups is 1. The van der Waals surface area contributed by atoms with Crippen LogP contribution in [0.2, 0.25) is 0 Å². The molecule has 4 nitrogen and oxygen atoms in total. The number of likely N-dealkylation sites (tertiary alicyclic amines) is 1. The highest BCUT2D eigenvalue weighted by Crippen LogP contribution is 2.20. The van der Waals surface area contributed by atoms with E-state index in [0.717, 1.165) is 12.2 Å². The van der Waals surface area contributed by atoms with E-state index in [0.29, 0.717) is 13.0 Å². The van der Waals surface area contributed by atoms with Gasteiger partial charge >= 0.3 is 0 Å². The Morgan fingerprint density at radius 2 is 2.00 bits per heavy atom. The van der Waals surface area contributed by atoms with Gasteiger partial charge in [0.25, 0.3) is 0 Å². The largest absolute Gasteiger partial charge is 0.326 e. The Morgan fingerprint density at radius 3 is 2.74 bits per heavy atom. The first-order valence-electron chi connectivity index (χ1n) is 7.04. The molecule has 4 heteroatoms. The van der Waals surface area contributed by atoms with Gasteiger partial charge in [0, 0.05) is 25.2 Å². The second-order valence-corrected chi connectivity index (χ2v) is 5.04. The molecule has 0 aliphatic carbocycles. The van der Waals surface area contributed by atoms with Crippen LogP contribution in [-0.2, 0) is 11.3 Å². The van der Waals surface area contributed by atoms with E-state index in [1.54, 1.807) is 0 Å². The molecule has 0 unspecified atom stereocenters. The molecule has 0 spiro atoms. The number of nitrogens with one attached hydrogen (secondary N) is 2. The average molecular weight is 261 g/mol. The van der Waals surface area contributed by atoms with Crippen molar-refractivity contribution in [3.05, 3.63) is 29.8 Å². The summed E-state index contributed by atoms with van der Waals surface area (Å²) in [6.07, 6.45) is 3.09. The van der Waals surface area contributed by atoms with E-state index in [-0.39, 0.29) is 5.91 Å². The van der Waals surface area contributed by atoms with Gasteiger partial charge in [-0.1, -0.05) is 18.2 Å². The number of hydrogen-bond donors (Lipinski definition) is 2. The van der Waals surface area contributed by atoms with Crippen LogP contribution in [0.15, 0.2) is 24.3 Å². The molecule has 0 atom stereocenters. The highest BCUT2D eigenvalue weighted by Gasteiger charge is 2.14. The molecule has 1 aliphatic rings. The molecule has 1 aromatic rings. The second-order valence-electron chi connectivity index (χ2n) is 5.04. The SMILES string of the molecule is CNCCC(=O)Nc1ccccc1CN1CCCC1. The van der Waals surface area contributed by atoms with Crippen molar-refractivity contribution in [2.24, 2.45) is 0 Å². The molecule has 1 amide bonds. The molecule has 0 radical (unpaired) electrons. The average Bonchev–Trinajstić information content (AvgIpc) is 2.91. The first-order valence-corrected chi connectivity index (χ1v) is 7.04. The van der Waals surface area contributed by atoms with Crippen LogP contribution < -0.4 is 10.6 Å². The van der Waals surface area contributed by atoms with E-state index in [4.69, 9.17) is 0 Å². The Bertz CT molecular complexity index is 414. The van der Waals surface area contributed by atoms with Crippen molar-refractivity contribution < 1.29 is 4.79 Å². The van der Waals surface area contributed by atoms with Crippen LogP contribution >= 0.6 is 0 Å². The van der Waals surface area contributed by atoms with Crippen LogP contribution in [-0.4, -0.2) is 37.5 Å². The topological polar surface area (TPSA) is 44.4 Å². The first kappa shape index (κ1) is 14.0. The van der Waals surface area contributed by atoms with Crippen LogP contribution in [0.1, 0.15) is 24.8 Å². The molecule has 1 fully saturated rings. The van der Waals surface area contributed by atoms with Gasteiger partial charge in [0.05, 0.1) is 0 Å². The lowest BCUT2D eigenvalue weighted by Crippen LogP contribution is -2.22. The molecular weight excluding hydrogens is 238 g/mol. The lowest BCUT2D eigenvalue weighted by molar-refractivity contribution is -0.116. The van der Waals surface area contributed by atoms with Gasteiger partial charge < -0.3 is 10.6 Å². The Kier molecular flexibility index (Phi) is 5.36. The molecule has 1 heterocycles. The Labute approximate surface area is 115 Å². The Balaban J connectivity index is 1.97. The minimum absolute atomic E-state index is 0.0724. The summed E-state index contributed by atoms with van der Waals surface area (Å²) in [5, 5.41) is 6.00. The number of benzene rings is 1. The van der Waals surface area contributed by atoms with Gasteiger partial charge in [-0.2, -0.15) is 0 Å². The molecule has 19 heavy (non-hydrogen) atoms. The van der Waals surface area contributed by atoms with Crippen LogP contribution in [0, 0.1) is 0 Å². The monoisotopic (exact) mass is 261 g/mol. The van der Waals surface area contributed by atoms with Crippen molar-refractivity contribution in [2.75, 3.05) is 32.0 Å². The predicted molar refractivity (Wildman–Crippen MR) is 78.1 cm³/mol. The first-order chi connectivity index (χ1) is 9.29. The minimum atomic E-state index is 0.0724. The quantitative estimate of drug-likeness (QED) is 0.821. The summed E-state index contributed by atoms with van der Waals surface area (Å²) in [4.78, 5) is 14.2. The fourth-order valence-electron chi connectivity index (χ4n) is 2.41. The fraction of sp³-hybridized carbons (Fsp3) is 0.533. The maximum Gasteiger partial charge on any atom is 0.225 e. The Morgan fingerprint density at radius 1 is 1.26 bits per heavy atom. The van der Waals surface area contributed by atoms with E-state index in [1.165, 1.54) is 31.5 Å². The van der Waals surface area contributed by atoms with Crippen LogP contribution in [0.5, 0.6) is 0 Å². The summed E-state index contributed by atoms with van der Waals surface area (Å²) >= 11 is 0. The van der Waals surface area contributed by atoms with E-state index in [1.807, 2.05) is 25.2 Å². The lowest BCUT2D eigenvalue weighted by Gasteiger charge is -2.17. The minimum Gasteiger partial charge on any atom is -0.326 e. The zero-order valence-electron chi connectivity index (χ0n) is 11.6. The summed E-state index contributed by atoms with van der Waals surface area (Å²) in [5.41, 5.74) is 2.16. The summed E-state index contributed by atoms with van der Waals surface area (Å²) in [6.45, 7) is 3.98. The summed E-state index contributed by atoms with van der Waals surface area (Å²) < 4.78 is 0. The third kappa shape index (κ3) is 4.33. The van der Waals surface area contributed by atoms with Crippen LogP contribution in [0.25, 0.3) is 0 Å². The number of rotatable bonds is 6. The van der Waals surface area contributed by atoms with E-state index >= 15 is 0 Å². The van der Waals surface area contributed by atoms with Crippen molar-refractivity contribution in [1.82, 2.24) is 10.2 Å². The molecule has 2 N–H and O–H groups in total. The third-order valence-corrected chi connectivity index (χ3v) is 3.49. The molecule has 2 rings (SSSR count). The van der Waals surface area contributed by atoms with Gasteiger partial charge in [0.1, 0.15) is 0 Å². The lowest BCUT2D eigenvalue weighted by atomic mass is 10.1. The fourth-order valence-corrected chi connectivity index (χ4v) is 2.41. The normalized spacial score (nSPS) is 15.6. The van der Waals surface area contributed by atoms with Gasteiger partial charge in [-0.15, -0.1) is 0 Å². The molecular formula is C15H23N3O. The zero-order valence-corrected chi connectivity index (χ0v) is 11.6. The second kappa shape index (κ2) is 7.26. The summed E-state index contributed by atoms with van der Waals surface area (Å²) in [5.74, 6) is 0.0724. The maximum atomic E-state index is 11.8. The van der Waals surface area contributed by atoms with Gasteiger partial charge in [0.15, 0.2) is 0 Å². The maximum absolute atomic E-state index is 11.8. The summed E-state index contributed by atoms with van der Waals surface area (Å²) in [6, 6.07) is 8.10. The molecule has 1 aromatic carbocycles. The van der Waals surface area contributed by atoms with Crippen molar-refractivity contribution in [3.8, 4) is 0 Å². The van der Waals surface area contributed by atoms with E-state index < -0.39 is 0 Å². The van der Waals surface area contributed by atoms with Gasteiger partial charge in [-0.05, 0) is 44.6 Å². The van der Waals surface area contributed by atoms with Crippen molar-refractivity contribution in [3.63, 3.8) is 0 Å². The standard InChI is InChI=1S/C15H23N3O/c1-16-9-8-15(19)17-14-7-3-2-6-13(14)12-18-10-4-5-11-18/h2-3,6-7,16H,4-5,8-12H2,1H3,(H,17,19). The molecule has 0 bridgehead atoms. The van der Waals surface area contributed by atoms with Crippen molar-refractivity contribution in [2.45, 2.75) is 25.8 Å². The number of hydrogen-bond acceptors (Lipinski definition) is 3. The van der Waals surface area contributed by atoms with E-state index in [9.17, 15) is 4.79 Å². The van der Waals surface area contributed by atoms with Crippen molar-refractivity contribution >= 4 is 11.6 Å². The molecule has 1 aliphatic heterocycles. The molecule has 104 valence electrons. The number of anilines is 1. The van der Waals surface area contributed by atoms with Gasteiger partial charge in [-0.3, -0.25) is 9.69 Å². The third-order valence-electron chi connectivity index (χ3n) is 3.49. The van der Waals surface area contributed by atoms with Gasteiger partial charge in [-0.25, -0.2) is 0 Å². The van der Waals surface area contributed by atoms with Crippen LogP contribution in [0.4, 0.5) is 5.69 Å². The van der Waals surface area contributed by atoms with Crippen LogP contribution in [0.3, 0.4) is 0 Å². The molecule has 1 saturated heterocycles. The highest BCUT2D eigenvalue weighted by atomic mass is 16.1. The van der Waals surface area contributed by atoms with Crippen molar-refractivity contribution in [1.29, 1.82) is 0 Å². The number of carbonyl (C=O) groups excluding carboxylic acids is 1. The van der Waals surface area contributed by atoms with E-state index in [2.05, 4.69) is 21.6 Å². The number of nitrogens with zero attached hydrogens (tertiary/aromatic N) is 1. The highest BCUT2D eigenvalue weighted by molar-refractivity contribution is 5.91. The smallest absolute Gasteiger partial charge is 0.225 e. The summed E-state index contributed by atoms with van der Waals surface area (Å²) in [7, 11) is 1.86. The predicted octanol–water partition coefficient (Wildman–Crippen LogP) is 1.83. The molecule has 0 saturated carbocycles. The molecule has 0 aromatic heterocycles. The Hall–Kier alpha value is -1.39. The van der Waals surface area contributed by atoms with Gasteiger partial charge in [0.2, 0.25) is 5.91 Å². The number of amides is 1.